The minimum absolute atomic E-state index is 0.789. The number of hydrogen-bond donors (Lipinski definition) is 0. The molecular weight excluding hydrogens is 408 g/mol. The fraction of sp³-hybridized carbons (Fsp3) is 0.500. The van der Waals surface area contributed by atoms with Crippen molar-refractivity contribution in [2.24, 2.45) is 0 Å². The highest BCUT2D eigenvalue weighted by atomic mass is 16.5. The summed E-state index contributed by atoms with van der Waals surface area (Å²) in [5, 5.41) is 6.26. The lowest BCUT2D eigenvalue weighted by molar-refractivity contribution is 0.129. The van der Waals surface area contributed by atoms with Crippen molar-refractivity contribution < 1.29 is 4.74 Å². The van der Waals surface area contributed by atoms with Gasteiger partial charge < -0.3 is 9.30 Å². The van der Waals surface area contributed by atoms with E-state index >= 15 is 0 Å². The van der Waals surface area contributed by atoms with Gasteiger partial charge in [-0.25, -0.2) is 4.98 Å². The summed E-state index contributed by atoms with van der Waals surface area (Å²) < 4.78 is 10.3. The molecule has 33 heavy (non-hydrogen) atoms. The zero-order valence-electron chi connectivity index (χ0n) is 21.4. The van der Waals surface area contributed by atoms with Gasteiger partial charge in [0.25, 0.3) is 0 Å². The normalized spacial score (nSPS) is 11.8. The largest absolute Gasteiger partial charge is 0.381 e. The molecule has 0 bridgehead atoms. The van der Waals surface area contributed by atoms with Gasteiger partial charge in [0, 0.05) is 30.8 Å². The average Bonchev–Trinajstić information content (AvgIpc) is 3.26. The van der Waals surface area contributed by atoms with Crippen LogP contribution in [0.4, 0.5) is 0 Å². The van der Waals surface area contributed by atoms with E-state index in [1.165, 1.54) is 33.3 Å². The molecule has 0 amide bonds. The van der Waals surface area contributed by atoms with Gasteiger partial charge in [0.2, 0.25) is 0 Å². The van der Waals surface area contributed by atoms with Crippen LogP contribution >= 0.6 is 0 Å². The molecule has 1 aromatic carbocycles. The van der Waals surface area contributed by atoms with Crippen LogP contribution < -0.4 is 0 Å². The van der Waals surface area contributed by atoms with Gasteiger partial charge in [-0.1, -0.05) is 38.0 Å². The molecule has 0 aliphatic carbocycles. The zero-order valence-corrected chi connectivity index (χ0v) is 21.4. The summed E-state index contributed by atoms with van der Waals surface area (Å²) in [7, 11) is 0. The standard InChI is InChI=1S/C28H38N4O/c1-8-11-23-17-24-21(6)29-27-26(25-19(4)15-18(3)16-20(25)5)22(7)30-32(27)28(24)31(23)12-10-14-33-13-9-2/h15-17H,8-14H2,1-7H3. The molecule has 4 aromatic rings. The Balaban J connectivity index is 1.93. The third-order valence-corrected chi connectivity index (χ3v) is 6.51. The van der Waals surface area contributed by atoms with Crippen molar-refractivity contribution in [1.29, 1.82) is 0 Å². The van der Waals surface area contributed by atoms with Gasteiger partial charge in [0.15, 0.2) is 5.65 Å². The minimum Gasteiger partial charge on any atom is -0.381 e. The Hall–Kier alpha value is -2.66. The lowest BCUT2D eigenvalue weighted by atomic mass is 9.94. The van der Waals surface area contributed by atoms with Gasteiger partial charge in [-0.05, 0) is 76.6 Å². The number of benzene rings is 1. The number of rotatable bonds is 9. The summed E-state index contributed by atoms with van der Waals surface area (Å²) >= 11 is 0. The zero-order chi connectivity index (χ0) is 23.7. The summed E-state index contributed by atoms with van der Waals surface area (Å²) in [4.78, 5) is 5.10. The Morgan fingerprint density at radius 3 is 2.24 bits per heavy atom. The van der Waals surface area contributed by atoms with Gasteiger partial charge in [-0.15, -0.1) is 0 Å². The van der Waals surface area contributed by atoms with Crippen LogP contribution in [0.1, 0.15) is 66.9 Å². The first-order valence-electron chi connectivity index (χ1n) is 12.4. The average molecular weight is 447 g/mol. The smallest absolute Gasteiger partial charge is 0.165 e. The molecule has 0 aliphatic heterocycles. The summed E-state index contributed by atoms with van der Waals surface area (Å²) in [5.74, 6) is 0. The molecule has 0 saturated carbocycles. The maximum absolute atomic E-state index is 5.77. The van der Waals surface area contributed by atoms with Crippen molar-refractivity contribution in [1.82, 2.24) is 19.2 Å². The molecular formula is C28H38N4O. The van der Waals surface area contributed by atoms with E-state index in [9.17, 15) is 0 Å². The molecule has 0 radical (unpaired) electrons. The van der Waals surface area contributed by atoms with Crippen LogP contribution in [0.25, 0.3) is 27.8 Å². The summed E-state index contributed by atoms with van der Waals surface area (Å²) in [6.45, 7) is 17.7. The van der Waals surface area contributed by atoms with Crippen molar-refractivity contribution >= 4 is 16.7 Å². The van der Waals surface area contributed by atoms with Crippen molar-refractivity contribution in [3.05, 3.63) is 52.0 Å². The number of ether oxygens (including phenoxy) is 1. The molecule has 3 heterocycles. The van der Waals surface area contributed by atoms with Crippen molar-refractivity contribution in [3.63, 3.8) is 0 Å². The van der Waals surface area contributed by atoms with E-state index in [1.54, 1.807) is 0 Å². The Labute approximate surface area is 197 Å². The summed E-state index contributed by atoms with van der Waals surface area (Å²) in [6, 6.07) is 6.84. The highest BCUT2D eigenvalue weighted by Crippen LogP contribution is 2.36. The molecule has 0 unspecified atom stereocenters. The number of nitrogens with zero attached hydrogens (tertiary/aromatic N) is 4. The van der Waals surface area contributed by atoms with Gasteiger partial charge in [0.05, 0.1) is 17.0 Å². The number of aromatic nitrogens is 4. The quantitative estimate of drug-likeness (QED) is 0.270. The second kappa shape index (κ2) is 9.68. The Morgan fingerprint density at radius 1 is 0.848 bits per heavy atom. The van der Waals surface area contributed by atoms with E-state index in [0.29, 0.717) is 0 Å². The molecule has 3 aromatic heterocycles. The molecule has 0 spiro atoms. The first-order chi connectivity index (χ1) is 15.9. The Morgan fingerprint density at radius 2 is 1.58 bits per heavy atom. The topological polar surface area (TPSA) is 44.3 Å². The van der Waals surface area contributed by atoms with Crippen molar-refractivity contribution in [2.45, 2.75) is 80.7 Å². The fourth-order valence-corrected chi connectivity index (χ4v) is 5.22. The minimum atomic E-state index is 0.789. The lowest BCUT2D eigenvalue weighted by Gasteiger charge is -2.13. The molecule has 0 N–H and O–H groups in total. The molecule has 0 saturated heterocycles. The van der Waals surface area contributed by atoms with Gasteiger partial charge in [-0.2, -0.15) is 9.61 Å². The predicted octanol–water partition coefficient (Wildman–Crippen LogP) is 6.66. The molecule has 4 rings (SSSR count). The van der Waals surface area contributed by atoms with Crippen LogP contribution in [-0.2, 0) is 17.7 Å². The molecule has 0 aliphatic rings. The van der Waals surface area contributed by atoms with Gasteiger partial charge >= 0.3 is 0 Å². The first kappa shape index (κ1) is 23.5. The molecule has 0 fully saturated rings. The third-order valence-electron chi connectivity index (χ3n) is 6.51. The maximum Gasteiger partial charge on any atom is 0.165 e. The van der Waals surface area contributed by atoms with Crippen LogP contribution in [0, 0.1) is 34.6 Å². The SMILES string of the molecule is CCCOCCCn1c(CCC)cc2c(C)nc3c(-c4c(C)cc(C)cc4C)c(C)nn3c21. The van der Waals surface area contributed by atoms with Crippen LogP contribution in [0.2, 0.25) is 0 Å². The molecule has 176 valence electrons. The van der Waals surface area contributed by atoms with Crippen molar-refractivity contribution in [2.75, 3.05) is 13.2 Å². The maximum atomic E-state index is 5.77. The monoisotopic (exact) mass is 446 g/mol. The summed E-state index contributed by atoms with van der Waals surface area (Å²) in [6.07, 6.45) is 4.22. The van der Waals surface area contributed by atoms with Crippen LogP contribution in [0.15, 0.2) is 18.2 Å². The van der Waals surface area contributed by atoms with Crippen LogP contribution in [0.5, 0.6) is 0 Å². The van der Waals surface area contributed by atoms with Crippen LogP contribution in [0.3, 0.4) is 0 Å². The van der Waals surface area contributed by atoms with Crippen LogP contribution in [-0.4, -0.2) is 32.4 Å². The van der Waals surface area contributed by atoms with Crippen molar-refractivity contribution in [3.8, 4) is 11.1 Å². The second-order valence-corrected chi connectivity index (χ2v) is 9.41. The number of aryl methyl sites for hydroxylation is 7. The highest BCUT2D eigenvalue weighted by molar-refractivity contribution is 5.90. The Bertz CT molecular complexity index is 1270. The fourth-order valence-electron chi connectivity index (χ4n) is 5.22. The van der Waals surface area contributed by atoms with E-state index in [2.05, 4.69) is 75.7 Å². The highest BCUT2D eigenvalue weighted by Gasteiger charge is 2.22. The van der Waals surface area contributed by atoms with Gasteiger partial charge in [-0.3, -0.25) is 0 Å². The Kier molecular flexibility index (Phi) is 6.89. The van der Waals surface area contributed by atoms with Gasteiger partial charge in [0.1, 0.15) is 5.65 Å². The predicted molar refractivity (Wildman–Crippen MR) is 137 cm³/mol. The number of hydrogen-bond acceptors (Lipinski definition) is 3. The van der Waals surface area contributed by atoms with E-state index in [0.717, 1.165) is 73.7 Å². The summed E-state index contributed by atoms with van der Waals surface area (Å²) in [5.41, 5.74) is 11.8. The molecule has 5 nitrogen and oxygen atoms in total. The molecule has 5 heteroatoms. The van der Waals surface area contributed by atoms with E-state index in [1.807, 2.05) is 0 Å². The number of fused-ring (bicyclic) bond motifs is 3. The first-order valence-corrected chi connectivity index (χ1v) is 12.4. The van der Waals surface area contributed by atoms with E-state index in [-0.39, 0.29) is 0 Å². The molecule has 0 atom stereocenters. The third kappa shape index (κ3) is 4.31. The second-order valence-electron chi connectivity index (χ2n) is 9.41. The van der Waals surface area contributed by atoms with E-state index < -0.39 is 0 Å². The van der Waals surface area contributed by atoms with E-state index in [4.69, 9.17) is 14.8 Å². The lowest BCUT2D eigenvalue weighted by Crippen LogP contribution is -2.09.